The molecule has 4 nitrogen and oxygen atoms in total. The number of benzene rings is 6. The molecule has 4 heteroatoms. The molecule has 0 aliphatic heterocycles. The molecular weight excluding hydrogens is 550 g/mol. The average molecular weight is 578 g/mol. The first kappa shape index (κ1) is 25.6. The molecule has 0 unspecified atom stereocenters. The van der Waals surface area contributed by atoms with Crippen LogP contribution in [0.15, 0.2) is 144 Å². The van der Waals surface area contributed by atoms with Crippen molar-refractivity contribution >= 4 is 49.1 Å². The van der Waals surface area contributed by atoms with E-state index in [1.54, 1.807) is 0 Å². The lowest BCUT2D eigenvalue weighted by Gasteiger charge is -2.12. The number of allylic oxidation sites excluding steroid dienone is 4. The number of rotatable bonds is 4. The number of hydrogen-bond acceptors (Lipinski definition) is 4. The van der Waals surface area contributed by atoms with Gasteiger partial charge in [0, 0.05) is 21.9 Å². The fraction of sp³-hybridized carbons (Fsp3) is 0.0488. The first-order valence-corrected chi connectivity index (χ1v) is 15.3. The minimum absolute atomic E-state index is 0.644. The van der Waals surface area contributed by atoms with Crippen LogP contribution in [0.25, 0.3) is 83.0 Å². The predicted octanol–water partition coefficient (Wildman–Crippen LogP) is 10.8. The minimum Gasteiger partial charge on any atom is -0.456 e. The van der Waals surface area contributed by atoms with Gasteiger partial charge in [-0.1, -0.05) is 115 Å². The van der Waals surface area contributed by atoms with E-state index in [2.05, 4.69) is 97.1 Å². The molecule has 2 aromatic heterocycles. The molecule has 9 rings (SSSR count). The second-order valence-electron chi connectivity index (χ2n) is 11.5. The van der Waals surface area contributed by atoms with E-state index in [0.29, 0.717) is 11.6 Å². The van der Waals surface area contributed by atoms with Gasteiger partial charge in [-0.25, -0.2) is 15.0 Å². The molecule has 1 aliphatic carbocycles. The highest BCUT2D eigenvalue weighted by molar-refractivity contribution is 6.13. The van der Waals surface area contributed by atoms with Crippen molar-refractivity contribution in [3.63, 3.8) is 0 Å². The Hall–Kier alpha value is -5.87. The molecule has 2 heterocycles. The smallest absolute Gasteiger partial charge is 0.164 e. The maximum Gasteiger partial charge on any atom is 0.164 e. The summed E-state index contributed by atoms with van der Waals surface area (Å²) in [5.74, 6) is 2.03. The molecule has 6 aromatic carbocycles. The zero-order valence-corrected chi connectivity index (χ0v) is 24.4. The monoisotopic (exact) mass is 577 g/mol. The van der Waals surface area contributed by atoms with Crippen LogP contribution in [0.3, 0.4) is 0 Å². The molecule has 0 saturated carbocycles. The first-order valence-electron chi connectivity index (χ1n) is 15.3. The average Bonchev–Trinajstić information content (AvgIpc) is 3.50. The summed E-state index contributed by atoms with van der Waals surface area (Å²) in [4.78, 5) is 15.0. The maximum absolute atomic E-state index is 6.39. The standard InChI is InChI=1S/C41H27N3O/c1-3-11-27(12-4-1)39-42-40(28-13-5-2-6-14-28)44-41(43-39)34-16-9-17-37-38(34)35-25-30(21-23-36(35)45-37)29-20-22-33-31(24-29)19-18-26-10-7-8-15-32(26)33/h1-5,7-13,15-25H,6,14H2. The molecule has 0 fully saturated rings. The molecule has 0 amide bonds. The highest BCUT2D eigenvalue weighted by Gasteiger charge is 2.19. The van der Waals surface area contributed by atoms with Crippen molar-refractivity contribution < 1.29 is 4.42 Å². The van der Waals surface area contributed by atoms with Gasteiger partial charge in [-0.15, -0.1) is 0 Å². The highest BCUT2D eigenvalue weighted by Crippen LogP contribution is 2.39. The van der Waals surface area contributed by atoms with Gasteiger partial charge in [-0.2, -0.15) is 0 Å². The second kappa shape index (κ2) is 10.4. The van der Waals surface area contributed by atoms with Crippen LogP contribution in [-0.2, 0) is 0 Å². The summed E-state index contributed by atoms with van der Waals surface area (Å²) >= 11 is 0. The number of fused-ring (bicyclic) bond motifs is 6. The van der Waals surface area contributed by atoms with Gasteiger partial charge in [0.25, 0.3) is 0 Å². The van der Waals surface area contributed by atoms with Gasteiger partial charge < -0.3 is 4.42 Å². The number of aromatic nitrogens is 3. The molecule has 0 bridgehead atoms. The second-order valence-corrected chi connectivity index (χ2v) is 11.5. The van der Waals surface area contributed by atoms with Crippen LogP contribution in [0.5, 0.6) is 0 Å². The maximum atomic E-state index is 6.39. The van der Waals surface area contributed by atoms with Crippen LogP contribution < -0.4 is 0 Å². The fourth-order valence-corrected chi connectivity index (χ4v) is 6.53. The zero-order valence-electron chi connectivity index (χ0n) is 24.4. The number of hydrogen-bond donors (Lipinski definition) is 0. The summed E-state index contributed by atoms with van der Waals surface area (Å²) in [6.07, 6.45) is 8.26. The lowest BCUT2D eigenvalue weighted by atomic mass is 9.96. The zero-order chi connectivity index (χ0) is 29.7. The summed E-state index contributed by atoms with van der Waals surface area (Å²) in [5, 5.41) is 7.06. The third-order valence-corrected chi connectivity index (χ3v) is 8.78. The van der Waals surface area contributed by atoms with Crippen LogP contribution in [0.2, 0.25) is 0 Å². The quantitative estimate of drug-likeness (QED) is 0.195. The predicted molar refractivity (Wildman–Crippen MR) is 185 cm³/mol. The fourth-order valence-electron chi connectivity index (χ4n) is 6.53. The first-order chi connectivity index (χ1) is 22.3. The Morgan fingerprint density at radius 1 is 0.511 bits per heavy atom. The summed E-state index contributed by atoms with van der Waals surface area (Å²) in [5.41, 5.74) is 6.96. The molecule has 0 saturated heterocycles. The topological polar surface area (TPSA) is 51.8 Å². The van der Waals surface area contributed by atoms with Gasteiger partial charge in [0.2, 0.25) is 0 Å². The van der Waals surface area contributed by atoms with Crippen molar-refractivity contribution in [1.82, 2.24) is 15.0 Å². The van der Waals surface area contributed by atoms with Crippen molar-refractivity contribution in [2.24, 2.45) is 0 Å². The van der Waals surface area contributed by atoms with E-state index in [0.717, 1.165) is 68.4 Å². The molecule has 8 aromatic rings. The Morgan fingerprint density at radius 3 is 2.20 bits per heavy atom. The van der Waals surface area contributed by atoms with Gasteiger partial charge in [-0.3, -0.25) is 0 Å². The van der Waals surface area contributed by atoms with E-state index in [1.807, 2.05) is 42.5 Å². The molecule has 45 heavy (non-hydrogen) atoms. The lowest BCUT2D eigenvalue weighted by molar-refractivity contribution is 0.669. The SMILES string of the molecule is C1=CCCC(c2nc(-c3ccccc3)nc(-c3cccc4oc5ccc(-c6ccc7c(ccc8ccccc87)c6)cc5c34)n2)=C1. The Balaban J connectivity index is 1.23. The van der Waals surface area contributed by atoms with Crippen LogP contribution in [0.4, 0.5) is 0 Å². The molecule has 0 atom stereocenters. The van der Waals surface area contributed by atoms with Crippen LogP contribution in [-0.4, -0.2) is 15.0 Å². The van der Waals surface area contributed by atoms with E-state index in [-0.39, 0.29) is 0 Å². The summed E-state index contributed by atoms with van der Waals surface area (Å²) in [6, 6.07) is 42.4. The van der Waals surface area contributed by atoms with Crippen molar-refractivity contribution in [3.8, 4) is 33.9 Å². The van der Waals surface area contributed by atoms with Crippen molar-refractivity contribution in [2.75, 3.05) is 0 Å². The molecule has 0 radical (unpaired) electrons. The lowest BCUT2D eigenvalue weighted by Crippen LogP contribution is -2.03. The van der Waals surface area contributed by atoms with E-state index in [1.165, 1.54) is 21.5 Å². The van der Waals surface area contributed by atoms with E-state index in [4.69, 9.17) is 19.4 Å². The van der Waals surface area contributed by atoms with Crippen molar-refractivity contribution in [2.45, 2.75) is 12.8 Å². The van der Waals surface area contributed by atoms with Gasteiger partial charge in [-0.05, 0) is 75.4 Å². The van der Waals surface area contributed by atoms with Crippen molar-refractivity contribution in [1.29, 1.82) is 0 Å². The van der Waals surface area contributed by atoms with E-state index < -0.39 is 0 Å². The van der Waals surface area contributed by atoms with Gasteiger partial charge in [0.05, 0.1) is 0 Å². The number of nitrogens with zero attached hydrogens (tertiary/aromatic N) is 3. The van der Waals surface area contributed by atoms with Gasteiger partial charge in [0.1, 0.15) is 11.2 Å². The molecule has 0 spiro atoms. The van der Waals surface area contributed by atoms with E-state index in [9.17, 15) is 0 Å². The summed E-state index contributed by atoms with van der Waals surface area (Å²) < 4.78 is 6.39. The largest absolute Gasteiger partial charge is 0.456 e. The summed E-state index contributed by atoms with van der Waals surface area (Å²) in [6.45, 7) is 0. The Labute approximate surface area is 260 Å². The third-order valence-electron chi connectivity index (χ3n) is 8.78. The molecule has 1 aliphatic rings. The van der Waals surface area contributed by atoms with Gasteiger partial charge in [0.15, 0.2) is 17.5 Å². The van der Waals surface area contributed by atoms with Crippen LogP contribution in [0.1, 0.15) is 18.7 Å². The Morgan fingerprint density at radius 2 is 1.29 bits per heavy atom. The molecule has 212 valence electrons. The normalized spacial score (nSPS) is 13.2. The van der Waals surface area contributed by atoms with Crippen LogP contribution in [0, 0.1) is 0 Å². The Kier molecular flexibility index (Phi) is 5.91. The minimum atomic E-state index is 0.644. The Bertz CT molecular complexity index is 2490. The van der Waals surface area contributed by atoms with Crippen molar-refractivity contribution in [3.05, 3.63) is 145 Å². The summed E-state index contributed by atoms with van der Waals surface area (Å²) in [7, 11) is 0. The highest BCUT2D eigenvalue weighted by atomic mass is 16.3. The van der Waals surface area contributed by atoms with Gasteiger partial charge >= 0.3 is 0 Å². The number of furan rings is 1. The molecule has 0 N–H and O–H groups in total. The third kappa shape index (κ3) is 4.42. The van der Waals surface area contributed by atoms with Crippen LogP contribution >= 0.6 is 0 Å². The van der Waals surface area contributed by atoms with E-state index >= 15 is 0 Å². The molecular formula is C41H27N3O.